The average Bonchev–Trinajstić information content (AvgIpc) is 3.65. The van der Waals surface area contributed by atoms with E-state index in [0.717, 1.165) is 24.0 Å². The van der Waals surface area contributed by atoms with Gasteiger partial charge in [-0.3, -0.25) is 4.98 Å². The van der Waals surface area contributed by atoms with Crippen molar-refractivity contribution in [2.24, 2.45) is 5.73 Å². The van der Waals surface area contributed by atoms with Gasteiger partial charge < -0.3 is 31.6 Å². The van der Waals surface area contributed by atoms with Crippen LogP contribution in [0.25, 0.3) is 11.4 Å². The van der Waals surface area contributed by atoms with Gasteiger partial charge in [0, 0.05) is 43.3 Å². The number of pyridine rings is 1. The van der Waals surface area contributed by atoms with E-state index in [1.807, 2.05) is 36.4 Å². The molecular weight excluding hydrogens is 406 g/mol. The second-order valence-corrected chi connectivity index (χ2v) is 7.66. The van der Waals surface area contributed by atoms with Crippen LogP contribution in [-0.2, 0) is 6.54 Å². The zero-order valence-electron chi connectivity index (χ0n) is 17.7. The molecule has 32 heavy (non-hydrogen) atoms. The normalized spacial score (nSPS) is 13.9. The maximum atomic E-state index is 9.66. The van der Waals surface area contributed by atoms with E-state index in [4.69, 9.17) is 25.8 Å². The van der Waals surface area contributed by atoms with Crippen LogP contribution in [0, 0.1) is 5.41 Å². The van der Waals surface area contributed by atoms with Crippen molar-refractivity contribution in [2.75, 3.05) is 23.8 Å². The van der Waals surface area contributed by atoms with Crippen LogP contribution in [0.5, 0.6) is 5.75 Å². The van der Waals surface area contributed by atoms with Gasteiger partial charge in [-0.2, -0.15) is 0 Å². The maximum absolute atomic E-state index is 9.66. The number of benzene rings is 1. The quantitative estimate of drug-likeness (QED) is 0.290. The summed E-state index contributed by atoms with van der Waals surface area (Å²) in [7, 11) is 0. The van der Waals surface area contributed by atoms with Crippen molar-refractivity contribution in [1.82, 2.24) is 15.0 Å². The molecule has 1 aliphatic carbocycles. The van der Waals surface area contributed by atoms with E-state index in [1.165, 1.54) is 6.21 Å². The number of aliphatic hydroxyl groups is 1. The number of ether oxygens (including phenoxy) is 1. The maximum Gasteiger partial charge on any atom is 0.164 e. The minimum Gasteiger partial charge on any atom is -0.491 e. The standard InChI is InChI=1S/C23H27N7O2/c24-10-18(31)14-32-19-5-1-4-16(9-19)21-29-22(27-13-15-3-2-8-26-12-15)20(11-25)23(30-21)28-17-6-7-17/h1-5,8-9,11-12,17-18,25,31H,6-7,10,13-14,24H2,(H2,27,28,29,30). The number of aromatic nitrogens is 3. The molecule has 2 aromatic heterocycles. The Bertz CT molecular complexity index is 1060. The fraction of sp³-hybridized carbons (Fsp3) is 0.304. The molecule has 9 nitrogen and oxygen atoms in total. The topological polar surface area (TPSA) is 142 Å². The fourth-order valence-electron chi connectivity index (χ4n) is 3.07. The third-order valence-corrected chi connectivity index (χ3v) is 5.00. The van der Waals surface area contributed by atoms with Crippen molar-refractivity contribution in [3.63, 3.8) is 0 Å². The largest absolute Gasteiger partial charge is 0.491 e. The molecular formula is C23H27N7O2. The van der Waals surface area contributed by atoms with Crippen molar-refractivity contribution in [2.45, 2.75) is 31.5 Å². The van der Waals surface area contributed by atoms with Crippen molar-refractivity contribution >= 4 is 17.9 Å². The Hall–Kier alpha value is -3.56. The second-order valence-electron chi connectivity index (χ2n) is 7.66. The minimum absolute atomic E-state index is 0.111. The summed E-state index contributed by atoms with van der Waals surface area (Å²) in [5.41, 5.74) is 7.84. The summed E-state index contributed by atoms with van der Waals surface area (Å²) in [6.45, 7) is 0.768. The molecule has 0 radical (unpaired) electrons. The number of anilines is 2. The van der Waals surface area contributed by atoms with Gasteiger partial charge in [-0.15, -0.1) is 0 Å². The van der Waals surface area contributed by atoms with E-state index in [9.17, 15) is 5.11 Å². The second kappa shape index (κ2) is 10.2. The predicted molar refractivity (Wildman–Crippen MR) is 124 cm³/mol. The summed E-state index contributed by atoms with van der Waals surface area (Å²) in [6, 6.07) is 11.6. The molecule has 0 spiro atoms. The number of hydrogen-bond acceptors (Lipinski definition) is 9. The Morgan fingerprint density at radius 1 is 1.22 bits per heavy atom. The van der Waals surface area contributed by atoms with Crippen LogP contribution in [0.15, 0.2) is 48.8 Å². The molecule has 2 heterocycles. The van der Waals surface area contributed by atoms with Crippen molar-refractivity contribution < 1.29 is 9.84 Å². The monoisotopic (exact) mass is 433 g/mol. The molecule has 0 bridgehead atoms. The van der Waals surface area contributed by atoms with Crippen LogP contribution in [0.3, 0.4) is 0 Å². The molecule has 0 aliphatic heterocycles. The number of nitrogens with one attached hydrogen (secondary N) is 3. The van der Waals surface area contributed by atoms with Gasteiger partial charge in [-0.05, 0) is 36.6 Å². The number of hydrogen-bond donors (Lipinski definition) is 5. The molecule has 3 aromatic rings. The fourth-order valence-corrected chi connectivity index (χ4v) is 3.07. The van der Waals surface area contributed by atoms with Crippen LogP contribution in [0.2, 0.25) is 0 Å². The molecule has 1 aromatic carbocycles. The highest BCUT2D eigenvalue weighted by Gasteiger charge is 2.24. The lowest BCUT2D eigenvalue weighted by molar-refractivity contribution is 0.114. The molecule has 0 amide bonds. The van der Waals surface area contributed by atoms with E-state index in [-0.39, 0.29) is 13.2 Å². The summed E-state index contributed by atoms with van der Waals surface area (Å²) in [4.78, 5) is 13.6. The van der Waals surface area contributed by atoms with E-state index >= 15 is 0 Å². The Balaban J connectivity index is 1.64. The van der Waals surface area contributed by atoms with Crippen molar-refractivity contribution in [1.29, 1.82) is 5.41 Å². The van der Waals surface area contributed by atoms with Crippen LogP contribution in [0.1, 0.15) is 24.0 Å². The van der Waals surface area contributed by atoms with Crippen LogP contribution in [0.4, 0.5) is 11.6 Å². The highest BCUT2D eigenvalue weighted by Crippen LogP contribution is 2.31. The molecule has 4 rings (SSSR count). The van der Waals surface area contributed by atoms with Gasteiger partial charge in [-0.25, -0.2) is 9.97 Å². The molecule has 1 aliphatic rings. The Morgan fingerprint density at radius 3 is 2.78 bits per heavy atom. The first-order valence-electron chi connectivity index (χ1n) is 10.6. The van der Waals surface area contributed by atoms with Gasteiger partial charge in [0.05, 0.1) is 5.56 Å². The zero-order chi connectivity index (χ0) is 22.3. The van der Waals surface area contributed by atoms with E-state index in [2.05, 4.69) is 15.6 Å². The van der Waals surface area contributed by atoms with Gasteiger partial charge in [0.15, 0.2) is 5.82 Å². The van der Waals surface area contributed by atoms with Crippen molar-refractivity contribution in [3.05, 3.63) is 59.9 Å². The summed E-state index contributed by atoms with van der Waals surface area (Å²) in [5, 5.41) is 24.3. The molecule has 1 unspecified atom stereocenters. The number of aliphatic hydroxyl groups excluding tert-OH is 1. The van der Waals surface area contributed by atoms with E-state index < -0.39 is 6.10 Å². The SMILES string of the molecule is N=Cc1c(NCc2cccnc2)nc(-c2cccc(OCC(O)CN)c2)nc1NC1CC1. The van der Waals surface area contributed by atoms with Gasteiger partial charge >= 0.3 is 0 Å². The molecule has 166 valence electrons. The Labute approximate surface area is 186 Å². The molecule has 9 heteroatoms. The summed E-state index contributed by atoms with van der Waals surface area (Å²) >= 11 is 0. The third kappa shape index (κ3) is 5.57. The van der Waals surface area contributed by atoms with Gasteiger partial charge in [0.25, 0.3) is 0 Å². The summed E-state index contributed by atoms with van der Waals surface area (Å²) in [5.74, 6) is 2.31. The van der Waals surface area contributed by atoms with E-state index in [0.29, 0.717) is 41.4 Å². The molecule has 1 atom stereocenters. The Morgan fingerprint density at radius 2 is 2.06 bits per heavy atom. The highest BCUT2D eigenvalue weighted by molar-refractivity contribution is 5.91. The first-order chi connectivity index (χ1) is 15.7. The molecule has 1 fully saturated rings. The van der Waals surface area contributed by atoms with Gasteiger partial charge in [-0.1, -0.05) is 18.2 Å². The summed E-state index contributed by atoms with van der Waals surface area (Å²) < 4.78 is 5.65. The lowest BCUT2D eigenvalue weighted by atomic mass is 10.2. The molecule has 1 saturated carbocycles. The first-order valence-corrected chi connectivity index (χ1v) is 10.6. The van der Waals surface area contributed by atoms with Crippen LogP contribution >= 0.6 is 0 Å². The van der Waals surface area contributed by atoms with Crippen molar-refractivity contribution in [3.8, 4) is 17.1 Å². The average molecular weight is 434 g/mol. The van der Waals surface area contributed by atoms with Gasteiger partial charge in [0.2, 0.25) is 0 Å². The molecule has 0 saturated heterocycles. The zero-order valence-corrected chi connectivity index (χ0v) is 17.7. The Kier molecular flexibility index (Phi) is 6.88. The number of nitrogens with two attached hydrogens (primary N) is 1. The highest BCUT2D eigenvalue weighted by atomic mass is 16.5. The lowest BCUT2D eigenvalue weighted by Gasteiger charge is -2.16. The minimum atomic E-state index is -0.723. The number of rotatable bonds is 11. The molecule has 6 N–H and O–H groups in total. The smallest absolute Gasteiger partial charge is 0.164 e. The van der Waals surface area contributed by atoms with Gasteiger partial charge in [0.1, 0.15) is 30.1 Å². The van der Waals surface area contributed by atoms with Crippen LogP contribution in [-0.4, -0.2) is 51.6 Å². The van der Waals surface area contributed by atoms with Crippen LogP contribution < -0.4 is 21.1 Å². The lowest BCUT2D eigenvalue weighted by Crippen LogP contribution is -2.26. The number of nitrogens with zero attached hydrogens (tertiary/aromatic N) is 3. The first kappa shape index (κ1) is 21.7. The van der Waals surface area contributed by atoms with E-state index in [1.54, 1.807) is 12.4 Å². The predicted octanol–water partition coefficient (Wildman–Crippen LogP) is 2.42. The third-order valence-electron chi connectivity index (χ3n) is 5.00. The summed E-state index contributed by atoms with van der Waals surface area (Å²) in [6.07, 6.45) is 6.24.